The van der Waals surface area contributed by atoms with Gasteiger partial charge in [-0.25, -0.2) is 4.98 Å². The lowest BCUT2D eigenvalue weighted by Gasteiger charge is -2.04. The SMILES string of the molecule is Cc1cc(Sc2ncc(CO)n2C)ccn1. The number of pyridine rings is 1. The molecule has 0 atom stereocenters. The lowest BCUT2D eigenvalue weighted by Crippen LogP contribution is -1.97. The van der Waals surface area contributed by atoms with E-state index in [1.54, 1.807) is 24.2 Å². The molecule has 0 radical (unpaired) electrons. The number of aliphatic hydroxyl groups excluding tert-OH is 1. The Morgan fingerprint density at radius 1 is 1.44 bits per heavy atom. The first kappa shape index (κ1) is 11.2. The zero-order valence-electron chi connectivity index (χ0n) is 9.21. The van der Waals surface area contributed by atoms with E-state index in [1.807, 2.05) is 30.7 Å². The van der Waals surface area contributed by atoms with E-state index < -0.39 is 0 Å². The molecule has 5 heteroatoms. The molecule has 0 amide bonds. The summed E-state index contributed by atoms with van der Waals surface area (Å²) in [5.74, 6) is 0. The van der Waals surface area contributed by atoms with E-state index in [9.17, 15) is 0 Å². The standard InChI is InChI=1S/C11H13N3OS/c1-8-5-10(3-4-12-8)16-11-13-6-9(7-15)14(11)2/h3-6,15H,7H2,1-2H3. The topological polar surface area (TPSA) is 50.9 Å². The van der Waals surface area contributed by atoms with Gasteiger partial charge in [0.2, 0.25) is 0 Å². The van der Waals surface area contributed by atoms with Crippen LogP contribution in [0.5, 0.6) is 0 Å². The highest BCUT2D eigenvalue weighted by molar-refractivity contribution is 7.99. The van der Waals surface area contributed by atoms with E-state index in [0.29, 0.717) is 0 Å². The minimum absolute atomic E-state index is 0.0133. The summed E-state index contributed by atoms with van der Waals surface area (Å²) in [6.07, 6.45) is 3.48. The van der Waals surface area contributed by atoms with Crippen molar-refractivity contribution in [1.29, 1.82) is 0 Å². The van der Waals surface area contributed by atoms with Gasteiger partial charge in [0.05, 0.1) is 18.5 Å². The molecule has 0 saturated heterocycles. The lowest BCUT2D eigenvalue weighted by atomic mass is 10.4. The average molecular weight is 235 g/mol. The van der Waals surface area contributed by atoms with Crippen LogP contribution in [0.25, 0.3) is 0 Å². The number of rotatable bonds is 3. The van der Waals surface area contributed by atoms with Gasteiger partial charge in [0.15, 0.2) is 5.16 Å². The number of imidazole rings is 1. The van der Waals surface area contributed by atoms with Crippen LogP contribution in [0.2, 0.25) is 0 Å². The van der Waals surface area contributed by atoms with E-state index in [2.05, 4.69) is 9.97 Å². The number of hydrogen-bond acceptors (Lipinski definition) is 4. The second kappa shape index (κ2) is 4.67. The molecule has 0 aromatic carbocycles. The number of nitrogens with zero attached hydrogens (tertiary/aromatic N) is 3. The van der Waals surface area contributed by atoms with Crippen LogP contribution >= 0.6 is 11.8 Å². The van der Waals surface area contributed by atoms with Crippen LogP contribution in [0, 0.1) is 6.92 Å². The lowest BCUT2D eigenvalue weighted by molar-refractivity contribution is 0.271. The largest absolute Gasteiger partial charge is 0.390 e. The first-order chi connectivity index (χ1) is 7.70. The Morgan fingerprint density at radius 3 is 2.88 bits per heavy atom. The highest BCUT2D eigenvalue weighted by Gasteiger charge is 2.07. The predicted molar refractivity (Wildman–Crippen MR) is 62.2 cm³/mol. The molecule has 2 rings (SSSR count). The van der Waals surface area contributed by atoms with Gasteiger partial charge >= 0.3 is 0 Å². The average Bonchev–Trinajstić information content (AvgIpc) is 2.60. The Kier molecular flexibility index (Phi) is 3.26. The van der Waals surface area contributed by atoms with Crippen LogP contribution in [0.1, 0.15) is 11.4 Å². The normalized spacial score (nSPS) is 10.7. The van der Waals surface area contributed by atoms with Gasteiger partial charge in [0.1, 0.15) is 0 Å². The summed E-state index contributed by atoms with van der Waals surface area (Å²) >= 11 is 1.57. The summed E-state index contributed by atoms with van der Waals surface area (Å²) in [7, 11) is 1.90. The second-order valence-electron chi connectivity index (χ2n) is 3.48. The van der Waals surface area contributed by atoms with Crippen molar-refractivity contribution in [3.63, 3.8) is 0 Å². The molecule has 0 aliphatic heterocycles. The zero-order valence-corrected chi connectivity index (χ0v) is 10.0. The van der Waals surface area contributed by atoms with Gasteiger partial charge < -0.3 is 9.67 Å². The van der Waals surface area contributed by atoms with Crippen LogP contribution in [-0.4, -0.2) is 19.6 Å². The van der Waals surface area contributed by atoms with Gasteiger partial charge in [-0.05, 0) is 19.1 Å². The van der Waals surface area contributed by atoms with E-state index in [1.165, 1.54) is 0 Å². The Hall–Kier alpha value is -1.33. The van der Waals surface area contributed by atoms with E-state index in [-0.39, 0.29) is 6.61 Å². The minimum Gasteiger partial charge on any atom is -0.390 e. The molecule has 2 heterocycles. The van der Waals surface area contributed by atoms with Crippen LogP contribution < -0.4 is 0 Å². The second-order valence-corrected chi connectivity index (χ2v) is 4.52. The maximum Gasteiger partial charge on any atom is 0.172 e. The molecule has 0 saturated carbocycles. The Balaban J connectivity index is 2.24. The summed E-state index contributed by atoms with van der Waals surface area (Å²) in [5, 5.41) is 9.93. The summed E-state index contributed by atoms with van der Waals surface area (Å²) in [4.78, 5) is 9.50. The van der Waals surface area contributed by atoms with Crippen LogP contribution in [0.4, 0.5) is 0 Å². The van der Waals surface area contributed by atoms with Crippen molar-refractivity contribution in [2.24, 2.45) is 7.05 Å². The maximum atomic E-state index is 9.06. The molecule has 16 heavy (non-hydrogen) atoms. The molecule has 2 aromatic heterocycles. The summed E-state index contributed by atoms with van der Waals surface area (Å²) < 4.78 is 1.89. The highest BCUT2D eigenvalue weighted by Crippen LogP contribution is 2.26. The highest BCUT2D eigenvalue weighted by atomic mass is 32.2. The van der Waals surface area contributed by atoms with Gasteiger partial charge in [-0.3, -0.25) is 4.98 Å². The number of aliphatic hydroxyl groups is 1. The summed E-state index contributed by atoms with van der Waals surface area (Å²) in [5.41, 5.74) is 1.80. The fourth-order valence-electron chi connectivity index (χ4n) is 1.36. The fourth-order valence-corrected chi connectivity index (χ4v) is 2.28. The molecule has 4 nitrogen and oxygen atoms in total. The van der Waals surface area contributed by atoms with Crippen LogP contribution in [-0.2, 0) is 13.7 Å². The van der Waals surface area contributed by atoms with Crippen molar-refractivity contribution in [1.82, 2.24) is 14.5 Å². The van der Waals surface area contributed by atoms with Gasteiger partial charge in [0, 0.05) is 23.8 Å². The van der Waals surface area contributed by atoms with Crippen molar-refractivity contribution in [3.8, 4) is 0 Å². The molecular weight excluding hydrogens is 222 g/mol. The van der Waals surface area contributed by atoms with Crippen LogP contribution in [0.3, 0.4) is 0 Å². The first-order valence-corrected chi connectivity index (χ1v) is 5.74. The molecule has 2 aromatic rings. The molecule has 0 spiro atoms. The smallest absolute Gasteiger partial charge is 0.172 e. The zero-order chi connectivity index (χ0) is 11.5. The van der Waals surface area contributed by atoms with E-state index in [4.69, 9.17) is 5.11 Å². The molecule has 0 aliphatic rings. The third kappa shape index (κ3) is 2.25. The minimum atomic E-state index is 0.0133. The van der Waals surface area contributed by atoms with Crippen molar-refractivity contribution >= 4 is 11.8 Å². The molecule has 0 aliphatic carbocycles. The van der Waals surface area contributed by atoms with Gasteiger partial charge in [0.25, 0.3) is 0 Å². The van der Waals surface area contributed by atoms with Crippen molar-refractivity contribution in [2.75, 3.05) is 0 Å². The third-order valence-corrected chi connectivity index (χ3v) is 3.33. The molecular formula is C11H13N3OS. The summed E-state index contributed by atoms with van der Waals surface area (Å²) in [6.45, 7) is 1.97. The quantitative estimate of drug-likeness (QED) is 0.881. The monoisotopic (exact) mass is 235 g/mol. The fraction of sp³-hybridized carbons (Fsp3) is 0.273. The number of aromatic nitrogens is 3. The van der Waals surface area contributed by atoms with Crippen molar-refractivity contribution in [2.45, 2.75) is 23.6 Å². The van der Waals surface area contributed by atoms with Gasteiger partial charge in [-0.2, -0.15) is 0 Å². The Morgan fingerprint density at radius 2 is 2.25 bits per heavy atom. The Bertz CT molecular complexity index is 496. The van der Waals surface area contributed by atoms with E-state index >= 15 is 0 Å². The number of hydrogen-bond donors (Lipinski definition) is 1. The van der Waals surface area contributed by atoms with Crippen molar-refractivity contribution < 1.29 is 5.11 Å². The molecule has 0 unspecified atom stereocenters. The maximum absolute atomic E-state index is 9.06. The first-order valence-electron chi connectivity index (χ1n) is 4.92. The Labute approximate surface area is 98.4 Å². The molecule has 0 fully saturated rings. The number of aryl methyl sites for hydroxylation is 1. The molecule has 0 bridgehead atoms. The van der Waals surface area contributed by atoms with Gasteiger partial charge in [-0.15, -0.1) is 0 Å². The predicted octanol–water partition coefficient (Wildman–Crippen LogP) is 1.77. The van der Waals surface area contributed by atoms with Gasteiger partial charge in [-0.1, -0.05) is 11.8 Å². The summed E-state index contributed by atoms with van der Waals surface area (Å²) in [6, 6.07) is 3.96. The molecule has 84 valence electrons. The van der Waals surface area contributed by atoms with E-state index in [0.717, 1.165) is 21.4 Å². The third-order valence-electron chi connectivity index (χ3n) is 2.28. The van der Waals surface area contributed by atoms with Crippen LogP contribution in [0.15, 0.2) is 34.6 Å². The van der Waals surface area contributed by atoms with Crippen molar-refractivity contribution in [3.05, 3.63) is 35.9 Å². The molecule has 1 N–H and O–H groups in total.